The molecule has 0 aromatic heterocycles. The number of ether oxygens (including phenoxy) is 1. The lowest BCUT2D eigenvalue weighted by Gasteiger charge is -2.34. The molecule has 0 radical (unpaired) electrons. The third-order valence-corrected chi connectivity index (χ3v) is 6.31. The molecule has 1 fully saturated rings. The van der Waals surface area contributed by atoms with Crippen LogP contribution in [0.2, 0.25) is 5.02 Å². The molecule has 1 aliphatic rings. The summed E-state index contributed by atoms with van der Waals surface area (Å²) in [7, 11) is 1.57. The molecule has 32 heavy (non-hydrogen) atoms. The van der Waals surface area contributed by atoms with E-state index >= 15 is 0 Å². The minimum absolute atomic E-state index is 0.0978. The summed E-state index contributed by atoms with van der Waals surface area (Å²) in [6.07, 6.45) is 2.13. The highest BCUT2D eigenvalue weighted by atomic mass is 35.5. The van der Waals surface area contributed by atoms with Crippen LogP contribution in [0.1, 0.15) is 37.0 Å². The Morgan fingerprint density at radius 2 is 1.78 bits per heavy atom. The number of anilines is 1. The van der Waals surface area contributed by atoms with Crippen LogP contribution in [0, 0.1) is 5.92 Å². The second-order valence-corrected chi connectivity index (χ2v) is 8.86. The molecule has 2 aromatic carbocycles. The normalized spacial score (nSPS) is 14.9. The number of nitrogens with one attached hydrogen (secondary N) is 1. The Morgan fingerprint density at radius 1 is 1.12 bits per heavy atom. The maximum Gasteiger partial charge on any atom is 0.258 e. The van der Waals surface area contributed by atoms with Crippen LogP contribution in [-0.4, -0.2) is 56.0 Å². The van der Waals surface area contributed by atoms with Crippen molar-refractivity contribution in [3.63, 3.8) is 0 Å². The summed E-state index contributed by atoms with van der Waals surface area (Å²) < 4.78 is 5.17. The molecule has 0 atom stereocenters. The molecule has 0 saturated carbocycles. The van der Waals surface area contributed by atoms with Crippen LogP contribution < -0.4 is 15.0 Å². The molecule has 1 heterocycles. The molecule has 172 valence electrons. The van der Waals surface area contributed by atoms with Crippen LogP contribution in [0.15, 0.2) is 48.5 Å². The van der Waals surface area contributed by atoms with Crippen molar-refractivity contribution in [3.8, 4) is 5.75 Å². The maximum absolute atomic E-state index is 13.3. The smallest absolute Gasteiger partial charge is 0.258 e. The first kappa shape index (κ1) is 24.1. The number of likely N-dealkylation sites (tertiary alicyclic amines) is 1. The van der Waals surface area contributed by atoms with Crippen LogP contribution in [0.5, 0.6) is 5.75 Å². The van der Waals surface area contributed by atoms with E-state index in [0.717, 1.165) is 25.9 Å². The zero-order valence-corrected chi connectivity index (χ0v) is 19.8. The standard InChI is InChI=1S/C25H32ClN3O3/c1-18(2)28-14-12-19(13-15-28)16-27-24(30)17-29(23-7-5-4-6-22(23)26)25(31)20-8-10-21(32-3)11-9-20/h4-11,18-19H,12-17H2,1-3H3,(H,27,30). The third-order valence-electron chi connectivity index (χ3n) is 5.99. The Labute approximate surface area is 195 Å². The lowest BCUT2D eigenvalue weighted by atomic mass is 9.96. The predicted octanol–water partition coefficient (Wildman–Crippen LogP) is 4.23. The van der Waals surface area contributed by atoms with E-state index in [-0.39, 0.29) is 18.4 Å². The Balaban J connectivity index is 1.67. The second kappa shape index (κ2) is 11.3. The number of carbonyl (C=O) groups is 2. The number of nitrogens with zero attached hydrogens (tertiary/aromatic N) is 2. The fraction of sp³-hybridized carbons (Fsp3) is 0.440. The average Bonchev–Trinajstić information content (AvgIpc) is 2.81. The molecule has 2 aromatic rings. The van der Waals surface area contributed by atoms with Gasteiger partial charge in [-0.2, -0.15) is 0 Å². The van der Waals surface area contributed by atoms with Gasteiger partial charge in [0.2, 0.25) is 5.91 Å². The Hall–Kier alpha value is -2.57. The number of rotatable bonds is 8. The molecule has 1 saturated heterocycles. The van der Waals surface area contributed by atoms with E-state index in [1.165, 1.54) is 4.90 Å². The summed E-state index contributed by atoms with van der Waals surface area (Å²) in [5.41, 5.74) is 0.968. The van der Waals surface area contributed by atoms with Gasteiger partial charge in [-0.1, -0.05) is 23.7 Å². The zero-order valence-electron chi connectivity index (χ0n) is 19.0. The molecule has 0 spiro atoms. The van der Waals surface area contributed by atoms with E-state index in [2.05, 4.69) is 24.1 Å². The van der Waals surface area contributed by atoms with Crippen molar-refractivity contribution in [2.24, 2.45) is 5.92 Å². The van der Waals surface area contributed by atoms with Crippen molar-refractivity contribution >= 4 is 29.1 Å². The first-order chi connectivity index (χ1) is 15.4. The van der Waals surface area contributed by atoms with Crippen LogP contribution in [0.3, 0.4) is 0 Å². The summed E-state index contributed by atoms with van der Waals surface area (Å²) in [4.78, 5) is 30.0. The van der Waals surface area contributed by atoms with E-state index in [1.54, 1.807) is 55.6 Å². The van der Waals surface area contributed by atoms with E-state index < -0.39 is 0 Å². The van der Waals surface area contributed by atoms with Gasteiger partial charge in [-0.15, -0.1) is 0 Å². The zero-order chi connectivity index (χ0) is 23.1. The number of hydrogen-bond donors (Lipinski definition) is 1. The van der Waals surface area contributed by atoms with Gasteiger partial charge in [0, 0.05) is 18.2 Å². The maximum atomic E-state index is 13.3. The highest BCUT2D eigenvalue weighted by Gasteiger charge is 2.24. The van der Waals surface area contributed by atoms with Crippen molar-refractivity contribution in [2.75, 3.05) is 38.2 Å². The number of piperidine rings is 1. The molecule has 1 aliphatic heterocycles. The molecular weight excluding hydrogens is 426 g/mol. The van der Waals surface area contributed by atoms with Crippen molar-refractivity contribution in [3.05, 3.63) is 59.1 Å². The van der Waals surface area contributed by atoms with Gasteiger partial charge in [-0.3, -0.25) is 14.5 Å². The second-order valence-electron chi connectivity index (χ2n) is 8.45. The number of hydrogen-bond acceptors (Lipinski definition) is 4. The van der Waals surface area contributed by atoms with E-state index in [9.17, 15) is 9.59 Å². The highest BCUT2D eigenvalue weighted by molar-refractivity contribution is 6.34. The van der Waals surface area contributed by atoms with Gasteiger partial charge in [-0.25, -0.2) is 0 Å². The third kappa shape index (κ3) is 6.24. The summed E-state index contributed by atoms with van der Waals surface area (Å²) in [5, 5.41) is 3.45. The summed E-state index contributed by atoms with van der Waals surface area (Å²) in [6, 6.07) is 14.4. The lowest BCUT2D eigenvalue weighted by Crippen LogP contribution is -2.44. The van der Waals surface area contributed by atoms with Gasteiger partial charge >= 0.3 is 0 Å². The van der Waals surface area contributed by atoms with Crippen LogP contribution in [-0.2, 0) is 4.79 Å². The monoisotopic (exact) mass is 457 g/mol. The van der Waals surface area contributed by atoms with Gasteiger partial charge in [0.25, 0.3) is 5.91 Å². The minimum atomic E-state index is -0.291. The molecule has 7 heteroatoms. The molecule has 3 rings (SSSR count). The molecule has 0 aliphatic carbocycles. The van der Waals surface area contributed by atoms with E-state index in [4.69, 9.17) is 16.3 Å². The van der Waals surface area contributed by atoms with Crippen LogP contribution in [0.25, 0.3) is 0 Å². The summed E-state index contributed by atoms with van der Waals surface area (Å²) >= 11 is 6.37. The number of benzene rings is 2. The SMILES string of the molecule is COc1ccc(C(=O)N(CC(=O)NCC2CCN(C(C)C)CC2)c2ccccc2Cl)cc1. The number of methoxy groups -OCH3 is 1. The fourth-order valence-corrected chi connectivity index (χ4v) is 4.20. The number of carbonyl (C=O) groups excluding carboxylic acids is 2. The van der Waals surface area contributed by atoms with Crippen molar-refractivity contribution in [1.82, 2.24) is 10.2 Å². The molecular formula is C25H32ClN3O3. The predicted molar refractivity (Wildman–Crippen MR) is 129 cm³/mol. The van der Waals surface area contributed by atoms with Gasteiger partial charge in [0.05, 0.1) is 17.8 Å². The van der Waals surface area contributed by atoms with Crippen molar-refractivity contribution in [1.29, 1.82) is 0 Å². The molecule has 1 N–H and O–H groups in total. The summed E-state index contributed by atoms with van der Waals surface area (Å²) in [5.74, 6) is 0.631. The molecule has 2 amide bonds. The van der Waals surface area contributed by atoms with E-state index in [0.29, 0.717) is 40.5 Å². The number of amides is 2. The summed E-state index contributed by atoms with van der Waals surface area (Å²) in [6.45, 7) is 7.06. The quantitative estimate of drug-likeness (QED) is 0.644. The average molecular weight is 458 g/mol. The largest absolute Gasteiger partial charge is 0.497 e. The molecule has 0 unspecified atom stereocenters. The van der Waals surface area contributed by atoms with E-state index in [1.807, 2.05) is 0 Å². The fourth-order valence-electron chi connectivity index (χ4n) is 3.96. The minimum Gasteiger partial charge on any atom is -0.497 e. The molecule has 6 nitrogen and oxygen atoms in total. The number of para-hydroxylation sites is 1. The topological polar surface area (TPSA) is 61.9 Å². The lowest BCUT2D eigenvalue weighted by molar-refractivity contribution is -0.120. The Bertz CT molecular complexity index is 909. The highest BCUT2D eigenvalue weighted by Crippen LogP contribution is 2.27. The Kier molecular flexibility index (Phi) is 8.53. The van der Waals surface area contributed by atoms with Gasteiger partial charge < -0.3 is 15.0 Å². The van der Waals surface area contributed by atoms with Crippen LogP contribution >= 0.6 is 11.6 Å². The molecule has 0 bridgehead atoms. The number of halogens is 1. The first-order valence-corrected chi connectivity index (χ1v) is 11.5. The van der Waals surface area contributed by atoms with Crippen LogP contribution in [0.4, 0.5) is 5.69 Å². The van der Waals surface area contributed by atoms with Gasteiger partial charge in [0.15, 0.2) is 0 Å². The van der Waals surface area contributed by atoms with Gasteiger partial charge in [0.1, 0.15) is 12.3 Å². The van der Waals surface area contributed by atoms with Crippen molar-refractivity contribution < 1.29 is 14.3 Å². The first-order valence-electron chi connectivity index (χ1n) is 11.1. The Morgan fingerprint density at radius 3 is 2.38 bits per heavy atom. The van der Waals surface area contributed by atoms with Crippen molar-refractivity contribution in [2.45, 2.75) is 32.7 Å². The van der Waals surface area contributed by atoms with Gasteiger partial charge in [-0.05, 0) is 82.1 Å².